The number of guanidine groups is 1. The number of hydrogen-bond acceptors (Lipinski definition) is 2. The van der Waals surface area contributed by atoms with Crippen LogP contribution in [0.1, 0.15) is 55.5 Å². The van der Waals surface area contributed by atoms with Crippen LogP contribution < -0.4 is 5.32 Å². The zero-order chi connectivity index (χ0) is 17.2. The Morgan fingerprint density at radius 1 is 1.20 bits per heavy atom. The van der Waals surface area contributed by atoms with Crippen molar-refractivity contribution < 1.29 is 0 Å². The number of aromatic nitrogens is 2. The first-order valence-corrected chi connectivity index (χ1v) is 9.49. The van der Waals surface area contributed by atoms with Gasteiger partial charge in [-0.25, -0.2) is 0 Å². The van der Waals surface area contributed by atoms with E-state index < -0.39 is 0 Å². The lowest BCUT2D eigenvalue weighted by atomic mass is 9.73. The van der Waals surface area contributed by atoms with E-state index in [0.29, 0.717) is 5.41 Å². The molecule has 0 amide bonds. The van der Waals surface area contributed by atoms with Gasteiger partial charge in [0.1, 0.15) is 0 Å². The van der Waals surface area contributed by atoms with E-state index in [1.165, 1.54) is 56.3 Å². The minimum Gasteiger partial charge on any atom is -0.356 e. The van der Waals surface area contributed by atoms with Gasteiger partial charge in [0, 0.05) is 39.4 Å². The highest BCUT2D eigenvalue weighted by Gasteiger charge is 2.39. The molecule has 1 aromatic heterocycles. The van der Waals surface area contributed by atoms with Crippen LogP contribution in [0.3, 0.4) is 0 Å². The highest BCUT2D eigenvalue weighted by Crippen LogP contribution is 2.43. The fourth-order valence-corrected chi connectivity index (χ4v) is 4.64. The molecular formula is C19H34IN5. The van der Waals surface area contributed by atoms with Crippen molar-refractivity contribution in [1.82, 2.24) is 20.0 Å². The quantitative estimate of drug-likeness (QED) is 0.428. The van der Waals surface area contributed by atoms with Gasteiger partial charge in [0.15, 0.2) is 5.96 Å². The average molecular weight is 459 g/mol. The van der Waals surface area contributed by atoms with E-state index in [2.05, 4.69) is 34.2 Å². The van der Waals surface area contributed by atoms with Gasteiger partial charge in [0.05, 0.1) is 5.69 Å². The molecule has 1 aromatic rings. The van der Waals surface area contributed by atoms with Crippen molar-refractivity contribution in [1.29, 1.82) is 0 Å². The molecule has 0 unspecified atom stereocenters. The predicted octanol–water partition coefficient (Wildman–Crippen LogP) is 3.43. The van der Waals surface area contributed by atoms with Crippen LogP contribution in [0.15, 0.2) is 4.99 Å². The molecule has 1 saturated heterocycles. The van der Waals surface area contributed by atoms with E-state index in [-0.39, 0.29) is 24.0 Å². The normalized spacial score (nSPS) is 20.0. The summed E-state index contributed by atoms with van der Waals surface area (Å²) in [4.78, 5) is 7.02. The SMILES string of the molecule is CN=C(NCCc1c(C)nn(C)c1C)N1CCC2(CCCCC2)C1.I. The third-order valence-electron chi connectivity index (χ3n) is 6.18. The van der Waals surface area contributed by atoms with Crippen LogP contribution in [-0.4, -0.2) is 47.3 Å². The van der Waals surface area contributed by atoms with Crippen molar-refractivity contribution in [3.63, 3.8) is 0 Å². The first kappa shape index (κ1) is 20.5. The molecule has 2 heterocycles. The molecule has 142 valence electrons. The summed E-state index contributed by atoms with van der Waals surface area (Å²) in [7, 11) is 3.93. The molecule has 1 aliphatic carbocycles. The lowest BCUT2D eigenvalue weighted by molar-refractivity contribution is 0.203. The van der Waals surface area contributed by atoms with Gasteiger partial charge in [-0.1, -0.05) is 19.3 Å². The van der Waals surface area contributed by atoms with Gasteiger partial charge < -0.3 is 10.2 Å². The summed E-state index contributed by atoms with van der Waals surface area (Å²) in [5, 5.41) is 8.10. The third kappa shape index (κ3) is 4.49. The smallest absolute Gasteiger partial charge is 0.193 e. The number of nitrogens with zero attached hydrogens (tertiary/aromatic N) is 4. The average Bonchev–Trinajstić information content (AvgIpc) is 3.08. The van der Waals surface area contributed by atoms with Crippen LogP contribution in [0.2, 0.25) is 0 Å². The fourth-order valence-electron chi connectivity index (χ4n) is 4.64. The number of aryl methyl sites for hydroxylation is 2. The van der Waals surface area contributed by atoms with Crippen LogP contribution in [0.5, 0.6) is 0 Å². The van der Waals surface area contributed by atoms with Crippen LogP contribution in [0.25, 0.3) is 0 Å². The maximum absolute atomic E-state index is 4.54. The molecule has 2 aliphatic rings. The van der Waals surface area contributed by atoms with Gasteiger partial charge >= 0.3 is 0 Å². The molecule has 25 heavy (non-hydrogen) atoms. The molecule has 1 saturated carbocycles. The molecule has 1 N–H and O–H groups in total. The number of hydrogen-bond donors (Lipinski definition) is 1. The number of nitrogens with one attached hydrogen (secondary N) is 1. The van der Waals surface area contributed by atoms with Crippen molar-refractivity contribution in [2.24, 2.45) is 17.5 Å². The van der Waals surface area contributed by atoms with Gasteiger partial charge in [-0.3, -0.25) is 9.67 Å². The molecule has 6 heteroatoms. The molecule has 1 aliphatic heterocycles. The fraction of sp³-hybridized carbons (Fsp3) is 0.789. The first-order valence-electron chi connectivity index (χ1n) is 9.49. The summed E-state index contributed by atoms with van der Waals surface area (Å²) >= 11 is 0. The highest BCUT2D eigenvalue weighted by molar-refractivity contribution is 14.0. The van der Waals surface area contributed by atoms with Crippen molar-refractivity contribution in [2.75, 3.05) is 26.7 Å². The molecule has 0 bridgehead atoms. The van der Waals surface area contributed by atoms with E-state index >= 15 is 0 Å². The molecule has 5 nitrogen and oxygen atoms in total. The molecule has 2 fully saturated rings. The molecule has 0 atom stereocenters. The monoisotopic (exact) mass is 459 g/mol. The van der Waals surface area contributed by atoms with Gasteiger partial charge in [0.25, 0.3) is 0 Å². The van der Waals surface area contributed by atoms with Crippen molar-refractivity contribution in [3.05, 3.63) is 17.0 Å². The van der Waals surface area contributed by atoms with Crippen LogP contribution in [0.4, 0.5) is 0 Å². The Labute approximate surface area is 169 Å². The largest absolute Gasteiger partial charge is 0.356 e. The Bertz CT molecular complexity index is 601. The molecule has 1 spiro atoms. The van der Waals surface area contributed by atoms with Crippen LogP contribution >= 0.6 is 24.0 Å². The van der Waals surface area contributed by atoms with Gasteiger partial charge in [-0.15, -0.1) is 24.0 Å². The summed E-state index contributed by atoms with van der Waals surface area (Å²) in [5.74, 6) is 1.08. The number of rotatable bonds is 3. The van der Waals surface area contributed by atoms with Crippen molar-refractivity contribution in [2.45, 2.75) is 58.8 Å². The highest BCUT2D eigenvalue weighted by atomic mass is 127. The lowest BCUT2D eigenvalue weighted by Crippen LogP contribution is -2.42. The Balaban J connectivity index is 0.00000225. The molecule has 3 rings (SSSR count). The topological polar surface area (TPSA) is 45.5 Å². The van der Waals surface area contributed by atoms with Crippen molar-refractivity contribution >= 4 is 29.9 Å². The van der Waals surface area contributed by atoms with Crippen LogP contribution in [0, 0.1) is 19.3 Å². The first-order chi connectivity index (χ1) is 11.5. The maximum atomic E-state index is 4.54. The number of likely N-dealkylation sites (tertiary alicyclic amines) is 1. The van der Waals surface area contributed by atoms with Crippen molar-refractivity contribution in [3.8, 4) is 0 Å². The lowest BCUT2D eigenvalue weighted by Gasteiger charge is -2.33. The van der Waals surface area contributed by atoms with E-state index in [4.69, 9.17) is 0 Å². The number of aliphatic imine (C=N–C) groups is 1. The molecule has 0 radical (unpaired) electrons. The van der Waals surface area contributed by atoms with E-state index in [9.17, 15) is 0 Å². The minimum absolute atomic E-state index is 0. The second kappa shape index (κ2) is 8.73. The van der Waals surface area contributed by atoms with E-state index in [1.807, 2.05) is 18.8 Å². The van der Waals surface area contributed by atoms with E-state index in [0.717, 1.165) is 31.2 Å². The van der Waals surface area contributed by atoms with E-state index in [1.54, 1.807) is 0 Å². The Morgan fingerprint density at radius 3 is 2.52 bits per heavy atom. The summed E-state index contributed by atoms with van der Waals surface area (Å²) in [6.45, 7) is 7.52. The Morgan fingerprint density at radius 2 is 1.92 bits per heavy atom. The standard InChI is InChI=1S/C19H33N5.HI/c1-15-17(16(2)23(4)22-15)8-12-21-18(20-3)24-13-11-19(14-24)9-6-5-7-10-19;/h5-14H2,1-4H3,(H,20,21);1H. The predicted molar refractivity (Wildman–Crippen MR) is 115 cm³/mol. The maximum Gasteiger partial charge on any atom is 0.193 e. The Hall–Kier alpha value is -0.790. The minimum atomic E-state index is 0. The van der Waals surface area contributed by atoms with Gasteiger partial charge in [-0.2, -0.15) is 5.10 Å². The second-order valence-corrected chi connectivity index (χ2v) is 7.73. The van der Waals surface area contributed by atoms with Gasteiger partial charge in [0.2, 0.25) is 0 Å². The number of halogens is 1. The summed E-state index contributed by atoms with van der Waals surface area (Å²) in [6, 6.07) is 0. The van der Waals surface area contributed by atoms with Crippen LogP contribution in [-0.2, 0) is 13.5 Å². The molecular weight excluding hydrogens is 425 g/mol. The zero-order valence-electron chi connectivity index (χ0n) is 16.3. The summed E-state index contributed by atoms with van der Waals surface area (Å²) in [6.07, 6.45) is 9.43. The third-order valence-corrected chi connectivity index (χ3v) is 6.18. The van der Waals surface area contributed by atoms with Gasteiger partial charge in [-0.05, 0) is 50.5 Å². The summed E-state index contributed by atoms with van der Waals surface area (Å²) in [5.41, 5.74) is 4.36. The second-order valence-electron chi connectivity index (χ2n) is 7.73. The zero-order valence-corrected chi connectivity index (χ0v) is 18.6. The molecule has 0 aromatic carbocycles. The Kier molecular flexibility index (Phi) is 7.17. The summed E-state index contributed by atoms with van der Waals surface area (Å²) < 4.78 is 1.98.